The number of aldehydes is 1. The van der Waals surface area contributed by atoms with Gasteiger partial charge in [-0.15, -0.1) is 0 Å². The summed E-state index contributed by atoms with van der Waals surface area (Å²) in [7, 11) is 0. The molecule has 0 aliphatic rings. The Labute approximate surface area is 90.2 Å². The molecule has 0 bridgehead atoms. The number of aryl methyl sites for hydroxylation is 1. The van der Waals surface area contributed by atoms with Crippen LogP contribution in [-0.2, 0) is 6.42 Å². The van der Waals surface area contributed by atoms with E-state index in [2.05, 4.69) is 4.98 Å². The third-order valence-corrected chi connectivity index (χ3v) is 2.34. The van der Waals surface area contributed by atoms with Gasteiger partial charge in [-0.25, -0.2) is 0 Å². The lowest BCUT2D eigenvalue weighted by molar-refractivity contribution is 0.111. The van der Waals surface area contributed by atoms with Gasteiger partial charge in [0.25, 0.3) is 0 Å². The summed E-state index contributed by atoms with van der Waals surface area (Å²) < 4.78 is 0. The third-order valence-electron chi connectivity index (χ3n) is 2.34. The van der Waals surface area contributed by atoms with Crippen molar-refractivity contribution in [1.29, 1.82) is 0 Å². The van der Waals surface area contributed by atoms with Gasteiger partial charge in [-0.3, -0.25) is 9.78 Å². The quantitative estimate of drug-likeness (QED) is 0.549. The van der Waals surface area contributed by atoms with Gasteiger partial charge in [0.1, 0.15) is 5.69 Å². The number of nitrogens with zero attached hydrogens (tertiary/aromatic N) is 1. The minimum atomic E-state index is 0.282. The Bertz CT molecular complexity index is 299. The van der Waals surface area contributed by atoms with Crippen molar-refractivity contribution in [2.75, 3.05) is 6.61 Å². The summed E-state index contributed by atoms with van der Waals surface area (Å²) in [5, 5.41) is 8.60. The second-order valence-corrected chi connectivity index (χ2v) is 3.59. The van der Waals surface area contributed by atoms with Crippen LogP contribution in [0, 0.1) is 0 Å². The lowest BCUT2D eigenvalue weighted by atomic mass is 10.1. The second-order valence-electron chi connectivity index (χ2n) is 3.59. The number of aliphatic hydroxyl groups excluding tert-OH is 1. The number of aromatic nitrogens is 1. The van der Waals surface area contributed by atoms with Gasteiger partial charge in [0.05, 0.1) is 0 Å². The molecule has 0 fully saturated rings. The summed E-state index contributed by atoms with van der Waals surface area (Å²) in [6.45, 7) is 0.282. The minimum absolute atomic E-state index is 0.282. The minimum Gasteiger partial charge on any atom is -0.396 e. The number of rotatable bonds is 7. The summed E-state index contributed by atoms with van der Waals surface area (Å²) in [6.07, 6.45) is 7.61. The molecule has 0 saturated carbocycles. The predicted octanol–water partition coefficient (Wildman–Crippen LogP) is 1.99. The lowest BCUT2D eigenvalue weighted by Crippen LogP contribution is -1.91. The highest BCUT2D eigenvalue weighted by molar-refractivity contribution is 5.71. The zero-order valence-electron chi connectivity index (χ0n) is 8.85. The Kier molecular flexibility index (Phi) is 5.63. The van der Waals surface area contributed by atoms with Gasteiger partial charge < -0.3 is 5.11 Å². The van der Waals surface area contributed by atoms with Gasteiger partial charge in [-0.2, -0.15) is 0 Å². The zero-order valence-corrected chi connectivity index (χ0v) is 8.85. The Morgan fingerprint density at radius 2 is 2.07 bits per heavy atom. The third kappa shape index (κ3) is 4.70. The SMILES string of the molecule is O=Cc1cc(CCCCCCO)ccn1. The molecule has 1 aromatic heterocycles. The molecule has 1 rings (SSSR count). The monoisotopic (exact) mass is 207 g/mol. The molecule has 82 valence electrons. The van der Waals surface area contributed by atoms with Crippen molar-refractivity contribution >= 4 is 6.29 Å². The van der Waals surface area contributed by atoms with Crippen molar-refractivity contribution in [3.05, 3.63) is 29.6 Å². The molecular formula is C12H17NO2. The summed E-state index contributed by atoms with van der Waals surface area (Å²) in [4.78, 5) is 14.4. The number of aliphatic hydroxyl groups is 1. The van der Waals surface area contributed by atoms with Crippen molar-refractivity contribution in [1.82, 2.24) is 4.98 Å². The van der Waals surface area contributed by atoms with Crippen LogP contribution in [-0.4, -0.2) is 23.0 Å². The first-order chi connectivity index (χ1) is 7.36. The van der Waals surface area contributed by atoms with Crippen LogP contribution in [0.25, 0.3) is 0 Å². The van der Waals surface area contributed by atoms with Crippen LogP contribution in [0.3, 0.4) is 0 Å². The molecule has 0 spiro atoms. The van der Waals surface area contributed by atoms with Crippen molar-refractivity contribution in [3.8, 4) is 0 Å². The molecular weight excluding hydrogens is 190 g/mol. The first-order valence-electron chi connectivity index (χ1n) is 5.38. The highest BCUT2D eigenvalue weighted by Gasteiger charge is 1.96. The Balaban J connectivity index is 2.27. The molecule has 3 nitrogen and oxygen atoms in total. The lowest BCUT2D eigenvalue weighted by Gasteiger charge is -2.01. The maximum atomic E-state index is 10.5. The first-order valence-corrected chi connectivity index (χ1v) is 5.38. The number of carbonyl (C=O) groups excluding carboxylic acids is 1. The van der Waals surface area contributed by atoms with Crippen LogP contribution < -0.4 is 0 Å². The van der Waals surface area contributed by atoms with E-state index in [4.69, 9.17) is 5.11 Å². The highest BCUT2D eigenvalue weighted by atomic mass is 16.2. The Hall–Kier alpha value is -1.22. The van der Waals surface area contributed by atoms with Crippen LogP contribution in [0.15, 0.2) is 18.3 Å². The van der Waals surface area contributed by atoms with E-state index in [1.807, 2.05) is 12.1 Å². The number of unbranched alkanes of at least 4 members (excludes halogenated alkanes) is 3. The van der Waals surface area contributed by atoms with E-state index in [0.717, 1.165) is 44.0 Å². The fraction of sp³-hybridized carbons (Fsp3) is 0.500. The standard InChI is InChI=1S/C12H17NO2/c14-8-4-2-1-3-5-11-6-7-13-12(9-11)10-15/h6-7,9-10,14H,1-5,8H2. The van der Waals surface area contributed by atoms with Gasteiger partial charge in [0.2, 0.25) is 0 Å². The van der Waals surface area contributed by atoms with Crippen LogP contribution in [0.1, 0.15) is 41.7 Å². The number of hydrogen-bond donors (Lipinski definition) is 1. The molecule has 0 radical (unpaired) electrons. The van der Waals surface area contributed by atoms with Gasteiger partial charge in [0, 0.05) is 12.8 Å². The summed E-state index contributed by atoms with van der Waals surface area (Å²) >= 11 is 0. The average molecular weight is 207 g/mol. The largest absolute Gasteiger partial charge is 0.396 e. The van der Waals surface area contributed by atoms with Crippen LogP contribution in [0.2, 0.25) is 0 Å². The Morgan fingerprint density at radius 1 is 1.27 bits per heavy atom. The molecule has 0 aromatic carbocycles. The van der Waals surface area contributed by atoms with Crippen LogP contribution in [0.4, 0.5) is 0 Å². The van der Waals surface area contributed by atoms with Gasteiger partial charge in [-0.1, -0.05) is 12.8 Å². The van der Waals surface area contributed by atoms with E-state index < -0.39 is 0 Å². The van der Waals surface area contributed by atoms with E-state index in [-0.39, 0.29) is 6.61 Å². The molecule has 0 unspecified atom stereocenters. The summed E-state index contributed by atoms with van der Waals surface area (Å²) in [5.41, 5.74) is 1.67. The number of carbonyl (C=O) groups is 1. The molecule has 3 heteroatoms. The van der Waals surface area contributed by atoms with E-state index in [1.165, 1.54) is 0 Å². The molecule has 0 amide bonds. The fourth-order valence-electron chi connectivity index (χ4n) is 1.51. The topological polar surface area (TPSA) is 50.2 Å². The van der Waals surface area contributed by atoms with Crippen molar-refractivity contribution in [2.24, 2.45) is 0 Å². The van der Waals surface area contributed by atoms with Crippen molar-refractivity contribution in [2.45, 2.75) is 32.1 Å². The van der Waals surface area contributed by atoms with E-state index in [9.17, 15) is 4.79 Å². The van der Waals surface area contributed by atoms with Gasteiger partial charge in [-0.05, 0) is 37.0 Å². The number of hydrogen-bond acceptors (Lipinski definition) is 3. The molecule has 0 aliphatic carbocycles. The maximum absolute atomic E-state index is 10.5. The van der Waals surface area contributed by atoms with E-state index >= 15 is 0 Å². The number of pyridine rings is 1. The molecule has 1 heterocycles. The van der Waals surface area contributed by atoms with Crippen LogP contribution in [0.5, 0.6) is 0 Å². The van der Waals surface area contributed by atoms with Crippen molar-refractivity contribution in [3.63, 3.8) is 0 Å². The fourth-order valence-corrected chi connectivity index (χ4v) is 1.51. The molecule has 15 heavy (non-hydrogen) atoms. The molecule has 1 aromatic rings. The smallest absolute Gasteiger partial charge is 0.168 e. The summed E-state index contributed by atoms with van der Waals surface area (Å²) in [6, 6.07) is 3.78. The van der Waals surface area contributed by atoms with Crippen LogP contribution >= 0.6 is 0 Å². The normalized spacial score (nSPS) is 10.2. The summed E-state index contributed by atoms with van der Waals surface area (Å²) in [5.74, 6) is 0. The average Bonchev–Trinajstić information content (AvgIpc) is 2.29. The van der Waals surface area contributed by atoms with E-state index in [0.29, 0.717) is 5.69 Å². The maximum Gasteiger partial charge on any atom is 0.168 e. The molecule has 0 atom stereocenters. The second kappa shape index (κ2) is 7.12. The molecule has 1 N–H and O–H groups in total. The zero-order chi connectivity index (χ0) is 10.9. The van der Waals surface area contributed by atoms with Gasteiger partial charge >= 0.3 is 0 Å². The molecule has 0 saturated heterocycles. The highest BCUT2D eigenvalue weighted by Crippen LogP contribution is 2.07. The van der Waals surface area contributed by atoms with Crippen molar-refractivity contribution < 1.29 is 9.90 Å². The van der Waals surface area contributed by atoms with Gasteiger partial charge in [0.15, 0.2) is 6.29 Å². The van der Waals surface area contributed by atoms with E-state index in [1.54, 1.807) is 6.20 Å². The first kappa shape index (κ1) is 11.9. The predicted molar refractivity (Wildman–Crippen MR) is 58.9 cm³/mol. The Morgan fingerprint density at radius 3 is 2.80 bits per heavy atom. The molecule has 0 aliphatic heterocycles.